The highest BCUT2D eigenvalue weighted by Crippen LogP contribution is 2.34. The van der Waals surface area contributed by atoms with E-state index in [0.717, 1.165) is 0 Å². The number of benzene rings is 2. The van der Waals surface area contributed by atoms with Crippen molar-refractivity contribution >= 4 is 22.5 Å². The van der Waals surface area contributed by atoms with Crippen LogP contribution in [0.25, 0.3) is 22.3 Å². The molecule has 0 radical (unpaired) electrons. The van der Waals surface area contributed by atoms with Gasteiger partial charge < -0.3 is 9.47 Å². The van der Waals surface area contributed by atoms with Crippen molar-refractivity contribution < 1.29 is 13.9 Å². The first kappa shape index (κ1) is 14.5. The zero-order valence-corrected chi connectivity index (χ0v) is 12.7. The Labute approximate surface area is 131 Å². The Hall–Kier alpha value is -2.40. The molecule has 0 fully saturated rings. The molecule has 0 saturated heterocycles. The highest BCUT2D eigenvalue weighted by Gasteiger charge is 2.13. The number of halogens is 2. The van der Waals surface area contributed by atoms with Crippen LogP contribution in [0.3, 0.4) is 0 Å². The van der Waals surface area contributed by atoms with E-state index in [0.29, 0.717) is 38.9 Å². The van der Waals surface area contributed by atoms with E-state index >= 15 is 0 Å². The van der Waals surface area contributed by atoms with Crippen LogP contribution in [-0.4, -0.2) is 24.2 Å². The van der Waals surface area contributed by atoms with Crippen molar-refractivity contribution in [2.45, 2.75) is 0 Å². The molecular formula is C16H12ClFN2O2. The third kappa shape index (κ3) is 2.55. The first-order valence-corrected chi connectivity index (χ1v) is 6.85. The van der Waals surface area contributed by atoms with Crippen LogP contribution in [0.5, 0.6) is 11.5 Å². The van der Waals surface area contributed by atoms with Crippen molar-refractivity contribution in [3.8, 4) is 22.9 Å². The number of hydrogen-bond donors (Lipinski definition) is 0. The molecule has 0 aliphatic rings. The van der Waals surface area contributed by atoms with E-state index in [9.17, 15) is 4.39 Å². The maximum Gasteiger partial charge on any atom is 0.162 e. The number of fused-ring (bicyclic) bond motifs is 1. The molecule has 22 heavy (non-hydrogen) atoms. The molecule has 2 aromatic carbocycles. The molecule has 3 rings (SSSR count). The smallest absolute Gasteiger partial charge is 0.162 e. The summed E-state index contributed by atoms with van der Waals surface area (Å²) in [6.45, 7) is 0. The molecule has 112 valence electrons. The zero-order chi connectivity index (χ0) is 15.7. The van der Waals surface area contributed by atoms with E-state index in [1.165, 1.54) is 12.1 Å². The van der Waals surface area contributed by atoms with E-state index in [4.69, 9.17) is 21.1 Å². The largest absolute Gasteiger partial charge is 0.493 e. The van der Waals surface area contributed by atoms with Gasteiger partial charge in [0.2, 0.25) is 0 Å². The quantitative estimate of drug-likeness (QED) is 0.682. The number of aromatic nitrogens is 2. The lowest BCUT2D eigenvalue weighted by molar-refractivity contribution is 0.356. The fourth-order valence-electron chi connectivity index (χ4n) is 2.15. The summed E-state index contributed by atoms with van der Waals surface area (Å²) in [5.74, 6) is 1.21. The second-order valence-electron chi connectivity index (χ2n) is 4.57. The molecule has 0 N–H and O–H groups in total. The van der Waals surface area contributed by atoms with Crippen molar-refractivity contribution in [1.29, 1.82) is 0 Å². The van der Waals surface area contributed by atoms with Gasteiger partial charge in [0.1, 0.15) is 11.0 Å². The van der Waals surface area contributed by atoms with Gasteiger partial charge in [0.15, 0.2) is 17.3 Å². The number of methoxy groups -OCH3 is 2. The fourth-order valence-corrected chi connectivity index (χ4v) is 2.38. The fraction of sp³-hybridized carbons (Fsp3) is 0.125. The van der Waals surface area contributed by atoms with Crippen molar-refractivity contribution in [3.63, 3.8) is 0 Å². The molecule has 0 atom stereocenters. The molecule has 0 amide bonds. The summed E-state index contributed by atoms with van der Waals surface area (Å²) < 4.78 is 23.5. The standard InChI is InChI=1S/C16H12ClFN2O2/c1-21-13-7-11-12(8-14(13)22-2)19-16(20-15(11)17)9-3-5-10(18)6-4-9/h3-8H,1-2H3. The minimum atomic E-state index is -0.318. The second kappa shape index (κ2) is 5.77. The first-order chi connectivity index (χ1) is 10.6. The van der Waals surface area contributed by atoms with Crippen LogP contribution in [0.15, 0.2) is 36.4 Å². The lowest BCUT2D eigenvalue weighted by Crippen LogP contribution is -1.95. The van der Waals surface area contributed by atoms with Gasteiger partial charge in [-0.15, -0.1) is 0 Å². The third-order valence-electron chi connectivity index (χ3n) is 3.26. The molecule has 0 unspecified atom stereocenters. The summed E-state index contributed by atoms with van der Waals surface area (Å²) in [6.07, 6.45) is 0. The summed E-state index contributed by atoms with van der Waals surface area (Å²) in [4.78, 5) is 8.73. The minimum absolute atomic E-state index is 0.297. The molecule has 6 heteroatoms. The molecule has 0 saturated carbocycles. The van der Waals surface area contributed by atoms with Crippen molar-refractivity contribution in [1.82, 2.24) is 9.97 Å². The number of ether oxygens (including phenoxy) is 2. The molecule has 3 aromatic rings. The van der Waals surface area contributed by atoms with E-state index in [1.54, 1.807) is 38.5 Å². The summed E-state index contributed by atoms with van der Waals surface area (Å²) in [5, 5.41) is 0.954. The van der Waals surface area contributed by atoms with Gasteiger partial charge in [-0.05, 0) is 30.3 Å². The first-order valence-electron chi connectivity index (χ1n) is 6.47. The van der Waals surface area contributed by atoms with Crippen LogP contribution in [0.2, 0.25) is 5.15 Å². The Kier molecular flexibility index (Phi) is 3.81. The Morgan fingerprint density at radius 2 is 1.59 bits per heavy atom. The third-order valence-corrected chi connectivity index (χ3v) is 3.55. The molecule has 0 aliphatic heterocycles. The van der Waals surface area contributed by atoms with Gasteiger partial charge in [0.25, 0.3) is 0 Å². The maximum absolute atomic E-state index is 13.0. The normalized spacial score (nSPS) is 10.7. The molecule has 0 bridgehead atoms. The van der Waals surface area contributed by atoms with Crippen molar-refractivity contribution in [3.05, 3.63) is 47.4 Å². The van der Waals surface area contributed by atoms with Gasteiger partial charge in [-0.3, -0.25) is 0 Å². The Balaban J connectivity index is 2.21. The lowest BCUT2D eigenvalue weighted by Gasteiger charge is -2.10. The van der Waals surface area contributed by atoms with Crippen molar-refractivity contribution in [2.24, 2.45) is 0 Å². The zero-order valence-electron chi connectivity index (χ0n) is 11.9. The number of rotatable bonds is 3. The summed E-state index contributed by atoms with van der Waals surface area (Å²) in [5.41, 5.74) is 1.30. The van der Waals surface area contributed by atoms with Gasteiger partial charge in [-0.1, -0.05) is 11.6 Å². The van der Waals surface area contributed by atoms with E-state index < -0.39 is 0 Å². The number of hydrogen-bond acceptors (Lipinski definition) is 4. The van der Waals surface area contributed by atoms with Gasteiger partial charge >= 0.3 is 0 Å². The number of nitrogens with zero attached hydrogens (tertiary/aromatic N) is 2. The Morgan fingerprint density at radius 3 is 2.23 bits per heavy atom. The Morgan fingerprint density at radius 1 is 0.955 bits per heavy atom. The maximum atomic E-state index is 13.0. The van der Waals surface area contributed by atoms with Crippen LogP contribution < -0.4 is 9.47 Å². The average molecular weight is 319 g/mol. The van der Waals surface area contributed by atoms with E-state index in [2.05, 4.69) is 9.97 Å². The van der Waals surface area contributed by atoms with Crippen molar-refractivity contribution in [2.75, 3.05) is 14.2 Å². The van der Waals surface area contributed by atoms with E-state index in [-0.39, 0.29) is 5.82 Å². The SMILES string of the molecule is COc1cc2nc(-c3ccc(F)cc3)nc(Cl)c2cc1OC. The van der Waals surface area contributed by atoms with Crippen LogP contribution in [0, 0.1) is 5.82 Å². The van der Waals surface area contributed by atoms with Crippen LogP contribution in [-0.2, 0) is 0 Å². The molecule has 0 aliphatic carbocycles. The van der Waals surface area contributed by atoms with Gasteiger partial charge in [0.05, 0.1) is 19.7 Å². The summed E-state index contributed by atoms with van der Waals surface area (Å²) in [7, 11) is 3.10. The molecule has 0 spiro atoms. The molecule has 1 aromatic heterocycles. The van der Waals surface area contributed by atoms with Crippen LogP contribution >= 0.6 is 11.6 Å². The molecular weight excluding hydrogens is 307 g/mol. The predicted molar refractivity (Wildman–Crippen MR) is 83.0 cm³/mol. The van der Waals surface area contributed by atoms with Gasteiger partial charge in [-0.25, -0.2) is 14.4 Å². The monoisotopic (exact) mass is 318 g/mol. The highest BCUT2D eigenvalue weighted by atomic mass is 35.5. The van der Waals surface area contributed by atoms with Gasteiger partial charge in [-0.2, -0.15) is 0 Å². The molecule has 4 nitrogen and oxygen atoms in total. The predicted octanol–water partition coefficient (Wildman–Crippen LogP) is 4.11. The van der Waals surface area contributed by atoms with Gasteiger partial charge in [0, 0.05) is 17.0 Å². The van der Waals surface area contributed by atoms with Crippen LogP contribution in [0.1, 0.15) is 0 Å². The molecule has 1 heterocycles. The second-order valence-corrected chi connectivity index (χ2v) is 4.93. The Bertz CT molecular complexity index is 838. The van der Waals surface area contributed by atoms with Crippen LogP contribution in [0.4, 0.5) is 4.39 Å². The topological polar surface area (TPSA) is 44.2 Å². The minimum Gasteiger partial charge on any atom is -0.493 e. The average Bonchev–Trinajstić information content (AvgIpc) is 2.54. The summed E-state index contributed by atoms with van der Waals surface area (Å²) in [6, 6.07) is 9.37. The van der Waals surface area contributed by atoms with E-state index in [1.807, 2.05) is 0 Å². The summed E-state index contributed by atoms with van der Waals surface area (Å²) >= 11 is 6.25. The highest BCUT2D eigenvalue weighted by molar-refractivity contribution is 6.34. The lowest BCUT2D eigenvalue weighted by atomic mass is 10.2.